The van der Waals surface area contributed by atoms with Crippen LogP contribution < -0.4 is 5.73 Å². The zero-order chi connectivity index (χ0) is 10.1. The van der Waals surface area contributed by atoms with E-state index in [1.54, 1.807) is 0 Å². The van der Waals surface area contributed by atoms with Crippen molar-refractivity contribution in [1.29, 1.82) is 0 Å². The van der Waals surface area contributed by atoms with Crippen LogP contribution in [-0.2, 0) is 4.74 Å². The Bertz CT molecular complexity index is 233. The number of carbonyl (C=O) groups excluding carboxylic acids is 1. The molecule has 1 saturated heterocycles. The van der Waals surface area contributed by atoms with Gasteiger partial charge in [-0.05, 0) is 19.3 Å². The van der Waals surface area contributed by atoms with Crippen molar-refractivity contribution in [3.8, 4) is 0 Å². The molecule has 0 aromatic rings. The van der Waals surface area contributed by atoms with Crippen molar-refractivity contribution < 1.29 is 13.9 Å². The minimum absolute atomic E-state index is 0.0761. The summed E-state index contributed by atoms with van der Waals surface area (Å²) in [5, 5.41) is 0. The molecule has 1 aliphatic heterocycles. The molecule has 1 amide bonds. The van der Waals surface area contributed by atoms with E-state index in [9.17, 15) is 9.18 Å². The lowest BCUT2D eigenvalue weighted by atomic mass is 10.1. The summed E-state index contributed by atoms with van der Waals surface area (Å²) in [7, 11) is 0. The summed E-state index contributed by atoms with van der Waals surface area (Å²) < 4.78 is 18.2. The van der Waals surface area contributed by atoms with Crippen LogP contribution in [0.2, 0.25) is 0 Å². The van der Waals surface area contributed by atoms with E-state index in [4.69, 9.17) is 10.5 Å². The molecule has 5 heteroatoms. The number of carbonyl (C=O) groups is 1. The van der Waals surface area contributed by atoms with Gasteiger partial charge >= 0.3 is 6.09 Å². The molecule has 1 aliphatic carbocycles. The third kappa shape index (κ3) is 2.15. The van der Waals surface area contributed by atoms with Gasteiger partial charge in [-0.25, -0.2) is 9.18 Å². The number of rotatable bonds is 1. The molecular weight excluding hydrogens is 187 g/mol. The lowest BCUT2D eigenvalue weighted by molar-refractivity contribution is 0.0658. The molecular formula is C9H15FN2O2. The van der Waals surface area contributed by atoms with Crippen LogP contribution in [0.1, 0.15) is 19.3 Å². The van der Waals surface area contributed by atoms with Crippen LogP contribution in [0.5, 0.6) is 0 Å². The Morgan fingerprint density at radius 3 is 2.71 bits per heavy atom. The number of hydrogen-bond donors (Lipinski definition) is 1. The maximum Gasteiger partial charge on any atom is 0.410 e. The third-order valence-corrected chi connectivity index (χ3v) is 2.64. The highest BCUT2D eigenvalue weighted by molar-refractivity contribution is 5.68. The van der Waals surface area contributed by atoms with Crippen molar-refractivity contribution in [2.45, 2.75) is 37.6 Å². The predicted octanol–water partition coefficient (Wildman–Crippen LogP) is 0.656. The number of halogens is 1. The fourth-order valence-corrected chi connectivity index (χ4v) is 1.49. The first kappa shape index (κ1) is 9.71. The van der Waals surface area contributed by atoms with Gasteiger partial charge in [0.05, 0.1) is 6.54 Å². The molecule has 2 fully saturated rings. The zero-order valence-corrected chi connectivity index (χ0v) is 7.99. The SMILES string of the molecule is NC1CCN(C(=O)OC2CC2)CC1F. The summed E-state index contributed by atoms with van der Waals surface area (Å²) >= 11 is 0. The number of amides is 1. The van der Waals surface area contributed by atoms with Gasteiger partial charge in [-0.15, -0.1) is 0 Å². The Hall–Kier alpha value is -0.840. The molecule has 14 heavy (non-hydrogen) atoms. The van der Waals surface area contributed by atoms with Gasteiger partial charge in [0.2, 0.25) is 0 Å². The summed E-state index contributed by atoms with van der Waals surface area (Å²) in [5.74, 6) is 0. The number of ether oxygens (including phenoxy) is 1. The topological polar surface area (TPSA) is 55.6 Å². The number of nitrogens with zero attached hydrogens (tertiary/aromatic N) is 1. The number of alkyl halides is 1. The van der Waals surface area contributed by atoms with E-state index in [1.165, 1.54) is 4.90 Å². The van der Waals surface area contributed by atoms with Crippen LogP contribution in [-0.4, -0.2) is 42.4 Å². The maximum atomic E-state index is 13.2. The fraction of sp³-hybridized carbons (Fsp3) is 0.889. The van der Waals surface area contributed by atoms with Gasteiger partial charge < -0.3 is 15.4 Å². The van der Waals surface area contributed by atoms with Crippen molar-refractivity contribution in [2.75, 3.05) is 13.1 Å². The second kappa shape index (κ2) is 3.73. The number of hydrogen-bond acceptors (Lipinski definition) is 3. The highest BCUT2D eigenvalue weighted by Crippen LogP contribution is 2.25. The first-order valence-electron chi connectivity index (χ1n) is 5.02. The average molecular weight is 202 g/mol. The summed E-state index contributed by atoms with van der Waals surface area (Å²) in [5.41, 5.74) is 5.50. The molecule has 1 heterocycles. The minimum atomic E-state index is -1.12. The molecule has 1 saturated carbocycles. The summed E-state index contributed by atoms with van der Waals surface area (Å²) in [6, 6.07) is -0.431. The Morgan fingerprint density at radius 1 is 1.43 bits per heavy atom. The lowest BCUT2D eigenvalue weighted by Crippen LogP contribution is -2.50. The quantitative estimate of drug-likeness (QED) is 0.679. The van der Waals surface area contributed by atoms with Gasteiger partial charge in [-0.1, -0.05) is 0 Å². The van der Waals surface area contributed by atoms with Crippen LogP contribution >= 0.6 is 0 Å². The molecule has 2 atom stereocenters. The van der Waals surface area contributed by atoms with E-state index in [0.717, 1.165) is 12.8 Å². The number of likely N-dealkylation sites (tertiary alicyclic amines) is 1. The summed E-state index contributed by atoms with van der Waals surface area (Å²) in [6.07, 6.45) is 0.978. The van der Waals surface area contributed by atoms with Gasteiger partial charge in [-0.2, -0.15) is 0 Å². The number of piperidine rings is 1. The van der Waals surface area contributed by atoms with E-state index in [2.05, 4.69) is 0 Å². The van der Waals surface area contributed by atoms with Crippen LogP contribution in [0.25, 0.3) is 0 Å². The predicted molar refractivity (Wildman–Crippen MR) is 48.6 cm³/mol. The minimum Gasteiger partial charge on any atom is -0.446 e. The van der Waals surface area contributed by atoms with Crippen molar-refractivity contribution in [2.24, 2.45) is 5.73 Å². The van der Waals surface area contributed by atoms with Crippen molar-refractivity contribution >= 4 is 6.09 Å². The van der Waals surface area contributed by atoms with Gasteiger partial charge in [0, 0.05) is 12.6 Å². The highest BCUT2D eigenvalue weighted by Gasteiger charge is 2.33. The second-order valence-corrected chi connectivity index (χ2v) is 4.00. The molecule has 0 aromatic carbocycles. The Morgan fingerprint density at radius 2 is 2.14 bits per heavy atom. The van der Waals surface area contributed by atoms with E-state index in [0.29, 0.717) is 13.0 Å². The van der Waals surface area contributed by atoms with E-state index in [1.807, 2.05) is 0 Å². The Kier molecular flexibility index (Phi) is 2.58. The van der Waals surface area contributed by atoms with E-state index >= 15 is 0 Å². The van der Waals surface area contributed by atoms with Crippen molar-refractivity contribution in [3.63, 3.8) is 0 Å². The molecule has 2 aliphatic rings. The Balaban J connectivity index is 1.82. The van der Waals surface area contributed by atoms with Crippen LogP contribution in [0.3, 0.4) is 0 Å². The normalized spacial score (nSPS) is 32.9. The van der Waals surface area contributed by atoms with Crippen molar-refractivity contribution in [1.82, 2.24) is 4.90 Å². The largest absolute Gasteiger partial charge is 0.446 e. The molecule has 2 rings (SSSR count). The smallest absolute Gasteiger partial charge is 0.410 e. The standard InChI is InChI=1S/C9H15FN2O2/c10-7-5-12(4-3-8(7)11)9(13)14-6-1-2-6/h6-8H,1-5,11H2. The Labute approximate surface area is 82.2 Å². The van der Waals surface area contributed by atoms with Gasteiger partial charge in [0.1, 0.15) is 12.3 Å². The molecule has 0 spiro atoms. The van der Waals surface area contributed by atoms with Crippen LogP contribution in [0.15, 0.2) is 0 Å². The van der Waals surface area contributed by atoms with Gasteiger partial charge in [-0.3, -0.25) is 0 Å². The third-order valence-electron chi connectivity index (χ3n) is 2.64. The summed E-state index contributed by atoms with van der Waals surface area (Å²) in [4.78, 5) is 12.8. The molecule has 2 N–H and O–H groups in total. The summed E-state index contributed by atoms with van der Waals surface area (Å²) in [6.45, 7) is 0.583. The van der Waals surface area contributed by atoms with E-state index in [-0.39, 0.29) is 18.7 Å². The molecule has 2 unspecified atom stereocenters. The molecule has 0 bridgehead atoms. The van der Waals surface area contributed by atoms with Gasteiger partial charge in [0.25, 0.3) is 0 Å². The van der Waals surface area contributed by atoms with Crippen LogP contribution in [0.4, 0.5) is 9.18 Å². The first-order chi connectivity index (χ1) is 6.66. The molecule has 80 valence electrons. The highest BCUT2D eigenvalue weighted by atomic mass is 19.1. The lowest BCUT2D eigenvalue weighted by Gasteiger charge is -2.32. The number of nitrogens with two attached hydrogens (primary N) is 1. The van der Waals surface area contributed by atoms with Crippen LogP contribution in [0, 0.1) is 0 Å². The van der Waals surface area contributed by atoms with Crippen molar-refractivity contribution in [3.05, 3.63) is 0 Å². The monoisotopic (exact) mass is 202 g/mol. The second-order valence-electron chi connectivity index (χ2n) is 4.00. The maximum absolute atomic E-state index is 13.2. The van der Waals surface area contributed by atoms with E-state index < -0.39 is 12.2 Å². The van der Waals surface area contributed by atoms with Gasteiger partial charge in [0.15, 0.2) is 0 Å². The zero-order valence-electron chi connectivity index (χ0n) is 7.99. The molecule has 4 nitrogen and oxygen atoms in total. The molecule has 0 aromatic heterocycles. The first-order valence-corrected chi connectivity index (χ1v) is 5.02. The molecule has 0 radical (unpaired) electrons. The fourth-order valence-electron chi connectivity index (χ4n) is 1.49. The average Bonchev–Trinajstić information content (AvgIpc) is 2.93.